The van der Waals surface area contributed by atoms with E-state index in [-0.39, 0.29) is 11.6 Å². The molecule has 1 saturated heterocycles. The van der Waals surface area contributed by atoms with Gasteiger partial charge in [0.25, 0.3) is 5.91 Å². The average Bonchev–Trinajstić information content (AvgIpc) is 3.25. The molecule has 4 rings (SSSR count). The Morgan fingerprint density at radius 2 is 1.97 bits per heavy atom. The van der Waals surface area contributed by atoms with Gasteiger partial charge in [-0.05, 0) is 25.0 Å². The molecule has 0 aliphatic carbocycles. The van der Waals surface area contributed by atoms with E-state index in [0.717, 1.165) is 37.9 Å². The molecule has 0 unspecified atom stereocenters. The number of benzene rings is 1. The molecular weight excluding hydrogens is 387 g/mol. The summed E-state index contributed by atoms with van der Waals surface area (Å²) in [6.45, 7) is 1.47. The maximum absolute atomic E-state index is 14.4. The van der Waals surface area contributed by atoms with Crippen molar-refractivity contribution in [2.75, 3.05) is 30.9 Å². The molecule has 9 heteroatoms. The van der Waals surface area contributed by atoms with Crippen molar-refractivity contribution in [3.8, 4) is 0 Å². The maximum Gasteiger partial charge on any atom is 0.253 e. The van der Waals surface area contributed by atoms with Crippen LogP contribution >= 0.6 is 0 Å². The zero-order valence-electron chi connectivity index (χ0n) is 16.6. The summed E-state index contributed by atoms with van der Waals surface area (Å²) >= 11 is 0. The Morgan fingerprint density at radius 1 is 1.17 bits per heavy atom. The molecule has 156 valence electrons. The summed E-state index contributed by atoms with van der Waals surface area (Å²) in [5.41, 5.74) is 1.89. The second-order valence-electron chi connectivity index (χ2n) is 6.98. The number of amides is 1. The van der Waals surface area contributed by atoms with Crippen molar-refractivity contribution < 1.29 is 13.9 Å². The molecule has 3 N–H and O–H groups in total. The van der Waals surface area contributed by atoms with Crippen molar-refractivity contribution in [1.82, 2.24) is 20.1 Å². The Labute approximate surface area is 173 Å². The second kappa shape index (κ2) is 8.91. The number of rotatable bonds is 6. The van der Waals surface area contributed by atoms with E-state index in [1.165, 1.54) is 0 Å². The minimum atomic E-state index is -0.523. The Hall–Kier alpha value is -3.46. The predicted molar refractivity (Wildman–Crippen MR) is 112 cm³/mol. The van der Waals surface area contributed by atoms with Crippen LogP contribution in [0.1, 0.15) is 29.2 Å². The zero-order valence-corrected chi connectivity index (χ0v) is 16.6. The van der Waals surface area contributed by atoms with Crippen LogP contribution in [0.25, 0.3) is 0 Å². The average molecular weight is 410 g/mol. The van der Waals surface area contributed by atoms with E-state index >= 15 is 0 Å². The first-order valence-electron chi connectivity index (χ1n) is 9.76. The number of nitrogens with one attached hydrogen (secondary N) is 3. The molecule has 0 radical (unpaired) electrons. The summed E-state index contributed by atoms with van der Waals surface area (Å²) < 4.78 is 21.7. The van der Waals surface area contributed by atoms with Gasteiger partial charge < -0.3 is 20.7 Å². The molecule has 0 spiro atoms. The van der Waals surface area contributed by atoms with Crippen molar-refractivity contribution in [3.05, 3.63) is 60.3 Å². The van der Waals surface area contributed by atoms with Gasteiger partial charge in [0.15, 0.2) is 5.82 Å². The van der Waals surface area contributed by atoms with Crippen LogP contribution in [0, 0.1) is 5.82 Å². The minimum Gasteiger partial charge on any atom is -0.381 e. The van der Waals surface area contributed by atoms with Gasteiger partial charge in [-0.15, -0.1) is 0 Å². The molecule has 0 saturated carbocycles. The minimum absolute atomic E-state index is 0.209. The van der Waals surface area contributed by atoms with Crippen LogP contribution in [0.2, 0.25) is 0 Å². The van der Waals surface area contributed by atoms with Gasteiger partial charge in [-0.3, -0.25) is 9.48 Å². The van der Waals surface area contributed by atoms with E-state index in [2.05, 4.69) is 26.0 Å². The number of ether oxygens (including phenoxy) is 1. The van der Waals surface area contributed by atoms with Crippen LogP contribution in [0.3, 0.4) is 0 Å². The summed E-state index contributed by atoms with van der Waals surface area (Å²) in [6, 6.07) is 8.79. The van der Waals surface area contributed by atoms with Crippen molar-refractivity contribution in [2.45, 2.75) is 18.9 Å². The van der Waals surface area contributed by atoms with E-state index in [1.54, 1.807) is 43.6 Å². The molecule has 0 atom stereocenters. The van der Waals surface area contributed by atoms with E-state index in [0.29, 0.717) is 23.1 Å². The molecule has 1 aromatic carbocycles. The number of nitrogens with zero attached hydrogens (tertiary/aromatic N) is 3. The highest BCUT2D eigenvalue weighted by molar-refractivity contribution is 6.00. The van der Waals surface area contributed by atoms with E-state index < -0.39 is 5.82 Å². The third-order valence-electron chi connectivity index (χ3n) is 4.96. The molecule has 8 nitrogen and oxygen atoms in total. The summed E-state index contributed by atoms with van der Waals surface area (Å²) in [4.78, 5) is 16.2. The van der Waals surface area contributed by atoms with Crippen LogP contribution in [0.5, 0.6) is 0 Å². The topological polar surface area (TPSA) is 93.1 Å². The monoisotopic (exact) mass is 410 g/mol. The highest BCUT2D eigenvalue weighted by Crippen LogP contribution is 2.27. The lowest BCUT2D eigenvalue weighted by molar-refractivity contribution is 0.0662. The van der Waals surface area contributed by atoms with Crippen LogP contribution in [-0.4, -0.2) is 40.9 Å². The smallest absolute Gasteiger partial charge is 0.253 e. The summed E-state index contributed by atoms with van der Waals surface area (Å²) in [5.74, 6) is -0.320. The third kappa shape index (κ3) is 4.41. The highest BCUT2D eigenvalue weighted by atomic mass is 19.1. The van der Waals surface area contributed by atoms with Crippen molar-refractivity contribution in [2.24, 2.45) is 0 Å². The Balaban J connectivity index is 1.52. The number of halogens is 1. The number of para-hydroxylation sites is 1. The summed E-state index contributed by atoms with van der Waals surface area (Å²) in [6.07, 6.45) is 6.61. The number of carbonyl (C=O) groups is 1. The predicted octanol–water partition coefficient (Wildman–Crippen LogP) is 3.62. The van der Waals surface area contributed by atoms with Crippen molar-refractivity contribution in [1.29, 1.82) is 0 Å². The Kier molecular flexibility index (Phi) is 5.89. The molecule has 30 heavy (non-hydrogen) atoms. The van der Waals surface area contributed by atoms with Crippen LogP contribution in [0.15, 0.2) is 48.9 Å². The van der Waals surface area contributed by atoms with Crippen LogP contribution < -0.4 is 16.0 Å². The number of hydrogen-bond acceptors (Lipinski definition) is 6. The van der Waals surface area contributed by atoms with Crippen LogP contribution in [-0.2, 0) is 4.74 Å². The zero-order chi connectivity index (χ0) is 20.9. The fourth-order valence-corrected chi connectivity index (χ4v) is 3.37. The van der Waals surface area contributed by atoms with Gasteiger partial charge in [-0.25, -0.2) is 9.37 Å². The molecule has 2 aromatic heterocycles. The SMILES string of the molecule is CNC(=O)c1ccccc1Nc1cc(Nc2cnn(C3CCOCC3)c2)ncc1F. The van der Waals surface area contributed by atoms with E-state index in [1.807, 2.05) is 10.9 Å². The molecule has 1 aliphatic heterocycles. The normalized spacial score (nSPS) is 14.3. The summed E-state index contributed by atoms with van der Waals surface area (Å²) in [7, 11) is 1.55. The number of anilines is 4. The molecule has 1 aliphatic rings. The Bertz CT molecular complexity index is 1030. The Morgan fingerprint density at radius 3 is 2.77 bits per heavy atom. The van der Waals surface area contributed by atoms with E-state index in [9.17, 15) is 9.18 Å². The quantitative estimate of drug-likeness (QED) is 0.575. The number of aromatic nitrogens is 3. The van der Waals surface area contributed by atoms with Gasteiger partial charge in [-0.1, -0.05) is 12.1 Å². The molecule has 1 amide bonds. The lowest BCUT2D eigenvalue weighted by Gasteiger charge is -2.22. The number of hydrogen-bond donors (Lipinski definition) is 3. The third-order valence-corrected chi connectivity index (χ3v) is 4.96. The lowest BCUT2D eigenvalue weighted by Crippen LogP contribution is -2.19. The van der Waals surface area contributed by atoms with Gasteiger partial charge in [-0.2, -0.15) is 5.10 Å². The van der Waals surface area contributed by atoms with Gasteiger partial charge >= 0.3 is 0 Å². The fraction of sp³-hybridized carbons (Fsp3) is 0.286. The van der Waals surface area contributed by atoms with E-state index in [4.69, 9.17) is 4.74 Å². The van der Waals surface area contributed by atoms with Gasteiger partial charge in [0.1, 0.15) is 5.82 Å². The van der Waals surface area contributed by atoms with Gasteiger partial charge in [0.2, 0.25) is 0 Å². The molecule has 1 fully saturated rings. The van der Waals surface area contributed by atoms with Gasteiger partial charge in [0.05, 0.1) is 41.1 Å². The standard InChI is InChI=1S/C21H23FN6O2/c1-23-21(29)16-4-2-3-5-18(16)27-19-10-20(24-12-17(19)22)26-14-11-25-28(13-14)15-6-8-30-9-7-15/h2-5,10-13,15H,6-9H2,1H3,(H,23,29)(H2,24,26,27). The van der Waals surface area contributed by atoms with Gasteiger partial charge in [0, 0.05) is 32.5 Å². The second-order valence-corrected chi connectivity index (χ2v) is 6.98. The number of pyridine rings is 1. The van der Waals surface area contributed by atoms with Crippen LogP contribution in [0.4, 0.5) is 27.3 Å². The van der Waals surface area contributed by atoms with Crippen molar-refractivity contribution >= 4 is 28.8 Å². The molecule has 3 heterocycles. The first-order valence-corrected chi connectivity index (χ1v) is 9.76. The first kappa shape index (κ1) is 19.8. The largest absolute Gasteiger partial charge is 0.381 e. The summed E-state index contributed by atoms with van der Waals surface area (Å²) in [5, 5.41) is 13.1. The maximum atomic E-state index is 14.4. The highest BCUT2D eigenvalue weighted by Gasteiger charge is 2.17. The molecule has 0 bridgehead atoms. The lowest BCUT2D eigenvalue weighted by atomic mass is 10.1. The van der Waals surface area contributed by atoms with Crippen molar-refractivity contribution in [3.63, 3.8) is 0 Å². The molecule has 3 aromatic rings. The first-order chi connectivity index (χ1) is 14.6. The number of carbonyl (C=O) groups excluding carboxylic acids is 1. The molecular formula is C21H23FN6O2. The fourth-order valence-electron chi connectivity index (χ4n) is 3.37.